The van der Waals surface area contributed by atoms with E-state index in [4.69, 9.17) is 9.52 Å². The SMILES string of the molecule is CCc1oc(C(=O)N(C)CC(C)c2nccs2)cc1C(=O)O. The van der Waals surface area contributed by atoms with Gasteiger partial charge >= 0.3 is 5.97 Å². The maximum atomic E-state index is 12.4. The first-order valence-electron chi connectivity index (χ1n) is 6.94. The molecule has 22 heavy (non-hydrogen) atoms. The molecular weight excluding hydrogens is 304 g/mol. The van der Waals surface area contributed by atoms with Crippen molar-refractivity contribution in [2.75, 3.05) is 13.6 Å². The zero-order chi connectivity index (χ0) is 16.3. The molecule has 118 valence electrons. The number of aromatic carboxylic acids is 1. The molecule has 0 radical (unpaired) electrons. The van der Waals surface area contributed by atoms with Gasteiger partial charge in [-0.15, -0.1) is 11.3 Å². The van der Waals surface area contributed by atoms with Crippen LogP contribution in [0.15, 0.2) is 22.1 Å². The molecule has 6 nitrogen and oxygen atoms in total. The fourth-order valence-electron chi connectivity index (χ4n) is 2.22. The maximum Gasteiger partial charge on any atom is 0.339 e. The third-order valence-corrected chi connectivity index (χ3v) is 4.35. The van der Waals surface area contributed by atoms with Crippen molar-refractivity contribution in [1.82, 2.24) is 9.88 Å². The van der Waals surface area contributed by atoms with Gasteiger partial charge in [0.15, 0.2) is 5.76 Å². The van der Waals surface area contributed by atoms with Gasteiger partial charge in [0.25, 0.3) is 5.91 Å². The second kappa shape index (κ2) is 6.74. The Balaban J connectivity index is 2.12. The fraction of sp³-hybridized carbons (Fsp3) is 0.400. The van der Waals surface area contributed by atoms with E-state index in [1.807, 2.05) is 12.3 Å². The van der Waals surface area contributed by atoms with Gasteiger partial charge in [-0.1, -0.05) is 13.8 Å². The number of carboxylic acid groups (broad SMARTS) is 1. The lowest BCUT2D eigenvalue weighted by Crippen LogP contribution is -2.30. The van der Waals surface area contributed by atoms with Gasteiger partial charge < -0.3 is 14.4 Å². The number of carboxylic acids is 1. The lowest BCUT2D eigenvalue weighted by molar-refractivity contribution is 0.0693. The Morgan fingerprint density at radius 2 is 2.23 bits per heavy atom. The zero-order valence-corrected chi connectivity index (χ0v) is 13.5. The Bertz CT molecular complexity index is 663. The molecule has 2 aromatic rings. The predicted octanol–water partition coefficient (Wildman–Crippen LogP) is 2.87. The van der Waals surface area contributed by atoms with E-state index in [-0.39, 0.29) is 23.1 Å². The van der Waals surface area contributed by atoms with Crippen LogP contribution in [0.5, 0.6) is 0 Å². The summed E-state index contributed by atoms with van der Waals surface area (Å²) in [5.41, 5.74) is 0.0484. The van der Waals surface area contributed by atoms with Crippen molar-refractivity contribution in [3.8, 4) is 0 Å². The van der Waals surface area contributed by atoms with E-state index >= 15 is 0 Å². The highest BCUT2D eigenvalue weighted by atomic mass is 32.1. The summed E-state index contributed by atoms with van der Waals surface area (Å²) in [5, 5.41) is 12.0. The van der Waals surface area contributed by atoms with Gasteiger partial charge in [0.05, 0.1) is 5.01 Å². The van der Waals surface area contributed by atoms with E-state index in [2.05, 4.69) is 4.98 Å². The summed E-state index contributed by atoms with van der Waals surface area (Å²) in [5.74, 6) is -0.933. The van der Waals surface area contributed by atoms with E-state index in [9.17, 15) is 9.59 Å². The second-order valence-electron chi connectivity index (χ2n) is 5.06. The number of nitrogens with zero attached hydrogens (tertiary/aromatic N) is 2. The Morgan fingerprint density at radius 1 is 1.50 bits per heavy atom. The van der Waals surface area contributed by atoms with Gasteiger partial charge in [-0.05, 0) is 0 Å². The normalized spacial score (nSPS) is 12.1. The standard InChI is InChI=1S/C15H18N2O4S/c1-4-11-10(15(19)20)7-12(21-11)14(18)17(3)8-9(2)13-16-5-6-22-13/h5-7,9H,4,8H2,1-3H3,(H,19,20). The lowest BCUT2D eigenvalue weighted by atomic mass is 10.1. The molecule has 7 heteroatoms. The number of likely N-dealkylation sites (N-methyl/N-ethyl adjacent to an activating group) is 1. The van der Waals surface area contributed by atoms with E-state index in [1.165, 1.54) is 11.0 Å². The number of hydrogen-bond acceptors (Lipinski definition) is 5. The molecule has 0 aliphatic rings. The summed E-state index contributed by atoms with van der Waals surface area (Å²) >= 11 is 1.54. The summed E-state index contributed by atoms with van der Waals surface area (Å²) in [6.45, 7) is 4.26. The van der Waals surface area contributed by atoms with Crippen molar-refractivity contribution in [2.24, 2.45) is 0 Å². The van der Waals surface area contributed by atoms with Crippen LogP contribution < -0.4 is 0 Å². The van der Waals surface area contributed by atoms with Gasteiger partial charge in [-0.2, -0.15) is 0 Å². The average molecular weight is 322 g/mol. The number of amides is 1. The van der Waals surface area contributed by atoms with Crippen LogP contribution in [0.3, 0.4) is 0 Å². The topological polar surface area (TPSA) is 83.6 Å². The number of carbonyl (C=O) groups is 2. The van der Waals surface area contributed by atoms with Crippen molar-refractivity contribution in [2.45, 2.75) is 26.2 Å². The molecule has 0 fully saturated rings. The van der Waals surface area contributed by atoms with Crippen molar-refractivity contribution in [3.63, 3.8) is 0 Å². The minimum absolute atomic E-state index is 0.0484. The first-order chi connectivity index (χ1) is 10.4. The molecule has 2 heterocycles. The molecule has 2 aromatic heterocycles. The van der Waals surface area contributed by atoms with Crippen molar-refractivity contribution in [3.05, 3.63) is 39.7 Å². The molecule has 0 spiro atoms. The number of rotatable bonds is 6. The second-order valence-corrected chi connectivity index (χ2v) is 5.99. The van der Waals surface area contributed by atoms with Crippen LogP contribution in [-0.4, -0.2) is 40.5 Å². The Labute approximate surface area is 132 Å². The molecule has 0 aromatic carbocycles. The van der Waals surface area contributed by atoms with Crippen LogP contribution >= 0.6 is 11.3 Å². The average Bonchev–Trinajstić information content (AvgIpc) is 3.15. The number of aryl methyl sites for hydroxylation is 1. The predicted molar refractivity (Wildman–Crippen MR) is 82.5 cm³/mol. The molecule has 0 aliphatic heterocycles. The minimum atomic E-state index is -1.08. The highest BCUT2D eigenvalue weighted by Gasteiger charge is 2.23. The van der Waals surface area contributed by atoms with Gasteiger partial charge in [-0.25, -0.2) is 9.78 Å². The molecule has 1 N–H and O–H groups in total. The molecule has 0 saturated carbocycles. The Kier molecular flexibility index (Phi) is 4.97. The minimum Gasteiger partial charge on any atom is -0.478 e. The monoisotopic (exact) mass is 322 g/mol. The lowest BCUT2D eigenvalue weighted by Gasteiger charge is -2.19. The summed E-state index contributed by atoms with van der Waals surface area (Å²) < 4.78 is 5.40. The van der Waals surface area contributed by atoms with Crippen LogP contribution in [0.1, 0.15) is 51.4 Å². The number of furan rings is 1. The van der Waals surface area contributed by atoms with Crippen LogP contribution in [-0.2, 0) is 6.42 Å². The molecule has 0 bridgehead atoms. The summed E-state index contributed by atoms with van der Waals surface area (Å²) in [4.78, 5) is 29.3. The van der Waals surface area contributed by atoms with Gasteiger partial charge in [0.1, 0.15) is 11.3 Å². The van der Waals surface area contributed by atoms with E-state index in [0.717, 1.165) is 5.01 Å². The van der Waals surface area contributed by atoms with Crippen LogP contribution in [0.4, 0.5) is 0 Å². The van der Waals surface area contributed by atoms with Gasteiger partial charge in [-0.3, -0.25) is 4.79 Å². The number of hydrogen-bond donors (Lipinski definition) is 1. The van der Waals surface area contributed by atoms with Gasteiger partial charge in [0.2, 0.25) is 0 Å². The molecule has 2 rings (SSSR count). The number of aromatic nitrogens is 1. The highest BCUT2D eigenvalue weighted by molar-refractivity contribution is 7.09. The largest absolute Gasteiger partial charge is 0.478 e. The first kappa shape index (κ1) is 16.2. The van der Waals surface area contributed by atoms with Crippen molar-refractivity contribution >= 4 is 23.2 Å². The first-order valence-corrected chi connectivity index (χ1v) is 7.82. The summed E-state index contributed by atoms with van der Waals surface area (Å²) in [7, 11) is 1.67. The highest BCUT2D eigenvalue weighted by Crippen LogP contribution is 2.21. The fourth-order valence-corrected chi connectivity index (χ4v) is 2.91. The van der Waals surface area contributed by atoms with Crippen LogP contribution in [0, 0.1) is 0 Å². The van der Waals surface area contributed by atoms with Crippen LogP contribution in [0.25, 0.3) is 0 Å². The van der Waals surface area contributed by atoms with Gasteiger partial charge in [0, 0.05) is 43.6 Å². The molecule has 1 atom stereocenters. The Hall–Kier alpha value is -2.15. The Morgan fingerprint density at radius 3 is 2.73 bits per heavy atom. The quantitative estimate of drug-likeness (QED) is 0.884. The third-order valence-electron chi connectivity index (χ3n) is 3.34. The van der Waals surface area contributed by atoms with E-state index < -0.39 is 5.97 Å². The molecular formula is C15H18N2O4S. The number of thiazole rings is 1. The maximum absolute atomic E-state index is 12.4. The summed E-state index contributed by atoms with van der Waals surface area (Å²) in [6, 6.07) is 1.30. The molecule has 0 aliphatic carbocycles. The molecule has 0 saturated heterocycles. The zero-order valence-electron chi connectivity index (χ0n) is 12.7. The molecule has 1 unspecified atom stereocenters. The van der Waals surface area contributed by atoms with E-state index in [0.29, 0.717) is 18.7 Å². The molecule has 1 amide bonds. The summed E-state index contributed by atoms with van der Waals surface area (Å²) in [6.07, 6.45) is 2.16. The van der Waals surface area contributed by atoms with Crippen molar-refractivity contribution in [1.29, 1.82) is 0 Å². The van der Waals surface area contributed by atoms with E-state index in [1.54, 1.807) is 31.5 Å². The van der Waals surface area contributed by atoms with Crippen molar-refractivity contribution < 1.29 is 19.1 Å². The third kappa shape index (κ3) is 3.36. The smallest absolute Gasteiger partial charge is 0.339 e. The van der Waals surface area contributed by atoms with Crippen LogP contribution in [0.2, 0.25) is 0 Å². The number of carbonyl (C=O) groups excluding carboxylic acids is 1.